The van der Waals surface area contributed by atoms with Crippen molar-refractivity contribution in [3.8, 4) is 5.75 Å². The number of aromatic hydroxyl groups is 1. The number of amides is 1. The smallest absolute Gasteiger partial charge is 0.275 e. The van der Waals surface area contributed by atoms with Crippen molar-refractivity contribution >= 4 is 23.0 Å². The molecule has 0 radical (unpaired) electrons. The molecule has 3 rings (SSSR count). The maximum atomic E-state index is 11.9. The molecule has 5 nitrogen and oxygen atoms in total. The van der Waals surface area contributed by atoms with Crippen molar-refractivity contribution in [1.82, 2.24) is 10.4 Å². The third-order valence-corrected chi connectivity index (χ3v) is 3.16. The average molecular weight is 291 g/mol. The molecule has 0 aliphatic rings. The molecule has 3 aromatic rings. The second kappa shape index (κ2) is 6.05. The minimum Gasteiger partial charge on any atom is -0.507 e. The number of pyridine rings is 1. The van der Waals surface area contributed by atoms with Gasteiger partial charge in [-0.25, -0.2) is 5.43 Å². The Kier molecular flexibility index (Phi) is 3.78. The van der Waals surface area contributed by atoms with Gasteiger partial charge in [-0.05, 0) is 35.9 Å². The first-order valence-electron chi connectivity index (χ1n) is 6.70. The molecule has 1 heterocycles. The molecule has 5 heteroatoms. The second-order valence-corrected chi connectivity index (χ2v) is 4.67. The van der Waals surface area contributed by atoms with Gasteiger partial charge in [-0.1, -0.05) is 24.3 Å². The molecular formula is C17H13N3O2. The van der Waals surface area contributed by atoms with Gasteiger partial charge in [0.1, 0.15) is 5.75 Å². The van der Waals surface area contributed by atoms with Gasteiger partial charge in [0, 0.05) is 11.6 Å². The molecule has 108 valence electrons. The fourth-order valence-corrected chi connectivity index (χ4v) is 2.07. The van der Waals surface area contributed by atoms with Crippen molar-refractivity contribution in [3.05, 3.63) is 71.9 Å². The maximum Gasteiger partial charge on any atom is 0.275 e. The zero-order valence-corrected chi connectivity index (χ0v) is 11.6. The van der Waals surface area contributed by atoms with Gasteiger partial charge in [0.2, 0.25) is 0 Å². The first-order chi connectivity index (χ1) is 10.7. The van der Waals surface area contributed by atoms with Crippen LogP contribution in [0, 0.1) is 0 Å². The lowest BCUT2D eigenvalue weighted by molar-refractivity contribution is 0.0952. The Labute approximate surface area is 126 Å². The van der Waals surface area contributed by atoms with Crippen LogP contribution in [0.15, 0.2) is 65.9 Å². The Morgan fingerprint density at radius 3 is 2.86 bits per heavy atom. The number of hydrogen-bond donors (Lipinski definition) is 2. The van der Waals surface area contributed by atoms with Crippen molar-refractivity contribution < 1.29 is 9.90 Å². The molecule has 2 aromatic carbocycles. The topological polar surface area (TPSA) is 74.6 Å². The highest BCUT2D eigenvalue weighted by Gasteiger charge is 2.08. The maximum absolute atomic E-state index is 11.9. The lowest BCUT2D eigenvalue weighted by atomic mass is 10.1. The van der Waals surface area contributed by atoms with Gasteiger partial charge < -0.3 is 5.11 Å². The minimum absolute atomic E-state index is 0.0769. The third-order valence-electron chi connectivity index (χ3n) is 3.16. The Bertz CT molecular complexity index is 859. The molecule has 2 N–H and O–H groups in total. The highest BCUT2D eigenvalue weighted by atomic mass is 16.3. The Balaban J connectivity index is 1.73. The molecule has 0 saturated carbocycles. The molecule has 0 fully saturated rings. The first kappa shape index (κ1) is 13.8. The number of hydrazone groups is 1. The molecule has 1 amide bonds. The van der Waals surface area contributed by atoms with Gasteiger partial charge in [0.15, 0.2) is 0 Å². The quantitative estimate of drug-likeness (QED) is 0.575. The normalized spacial score (nSPS) is 10.9. The zero-order valence-electron chi connectivity index (χ0n) is 11.6. The predicted molar refractivity (Wildman–Crippen MR) is 84.9 cm³/mol. The summed E-state index contributed by atoms with van der Waals surface area (Å²) in [5, 5.41) is 14.5. The Morgan fingerprint density at radius 1 is 1.14 bits per heavy atom. The number of para-hydroxylation sites is 1. The van der Waals surface area contributed by atoms with Gasteiger partial charge in [-0.15, -0.1) is 0 Å². The number of carbonyl (C=O) groups excluding carboxylic acids is 1. The van der Waals surface area contributed by atoms with Crippen LogP contribution in [-0.4, -0.2) is 22.2 Å². The van der Waals surface area contributed by atoms with Gasteiger partial charge in [-0.2, -0.15) is 5.10 Å². The molecule has 0 unspecified atom stereocenters. The summed E-state index contributed by atoms with van der Waals surface area (Å²) >= 11 is 0. The highest BCUT2D eigenvalue weighted by Crippen LogP contribution is 2.15. The minimum atomic E-state index is -0.461. The van der Waals surface area contributed by atoms with E-state index in [-0.39, 0.29) is 11.3 Å². The third kappa shape index (κ3) is 2.93. The standard InChI is InChI=1S/C17H13N3O2/c21-16-6-2-1-5-14(16)17(22)20-19-11-12-7-8-15-13(10-12)4-3-9-18-15/h1-11,21H,(H,20,22). The molecule has 22 heavy (non-hydrogen) atoms. The summed E-state index contributed by atoms with van der Waals surface area (Å²) in [6.45, 7) is 0. The first-order valence-corrected chi connectivity index (χ1v) is 6.70. The van der Waals surface area contributed by atoms with Crippen LogP contribution in [0.4, 0.5) is 0 Å². The van der Waals surface area contributed by atoms with E-state index in [1.807, 2.05) is 30.3 Å². The van der Waals surface area contributed by atoms with Gasteiger partial charge in [-0.3, -0.25) is 9.78 Å². The number of carbonyl (C=O) groups is 1. The summed E-state index contributed by atoms with van der Waals surface area (Å²) in [6.07, 6.45) is 3.28. The van der Waals surface area contributed by atoms with Gasteiger partial charge in [0.25, 0.3) is 5.91 Å². The fraction of sp³-hybridized carbons (Fsp3) is 0. The van der Waals surface area contributed by atoms with Gasteiger partial charge in [0.05, 0.1) is 17.3 Å². The van der Waals surface area contributed by atoms with Crippen molar-refractivity contribution in [3.63, 3.8) is 0 Å². The van der Waals surface area contributed by atoms with E-state index < -0.39 is 5.91 Å². The van der Waals surface area contributed by atoms with Crippen molar-refractivity contribution in [2.75, 3.05) is 0 Å². The monoisotopic (exact) mass is 291 g/mol. The molecule has 0 saturated heterocycles. The molecule has 0 aliphatic carbocycles. The van der Waals surface area contributed by atoms with E-state index >= 15 is 0 Å². The second-order valence-electron chi connectivity index (χ2n) is 4.67. The summed E-state index contributed by atoms with van der Waals surface area (Å²) < 4.78 is 0. The van der Waals surface area contributed by atoms with Crippen LogP contribution < -0.4 is 5.43 Å². The molecule has 0 bridgehead atoms. The average Bonchev–Trinajstić information content (AvgIpc) is 2.55. The SMILES string of the molecule is O=C(NN=Cc1ccc2ncccc2c1)c1ccccc1O. The summed E-state index contributed by atoms with van der Waals surface area (Å²) in [6, 6.07) is 15.8. The Hall–Kier alpha value is -3.21. The number of nitrogens with zero attached hydrogens (tertiary/aromatic N) is 2. The van der Waals surface area contributed by atoms with E-state index in [2.05, 4.69) is 15.5 Å². The Morgan fingerprint density at radius 2 is 2.00 bits per heavy atom. The molecular weight excluding hydrogens is 278 g/mol. The summed E-state index contributed by atoms with van der Waals surface area (Å²) in [5.41, 5.74) is 4.32. The van der Waals surface area contributed by atoms with E-state index in [0.29, 0.717) is 0 Å². The van der Waals surface area contributed by atoms with Crippen molar-refractivity contribution in [2.24, 2.45) is 5.10 Å². The number of hydrogen-bond acceptors (Lipinski definition) is 4. The lowest BCUT2D eigenvalue weighted by Gasteiger charge is -2.02. The number of phenols is 1. The molecule has 0 spiro atoms. The van der Waals surface area contributed by atoms with Crippen LogP contribution in [0.2, 0.25) is 0 Å². The van der Waals surface area contributed by atoms with Crippen LogP contribution in [0.3, 0.4) is 0 Å². The van der Waals surface area contributed by atoms with Crippen LogP contribution in [0.1, 0.15) is 15.9 Å². The largest absolute Gasteiger partial charge is 0.507 e. The number of aromatic nitrogens is 1. The van der Waals surface area contributed by atoms with Crippen LogP contribution in [0.5, 0.6) is 5.75 Å². The van der Waals surface area contributed by atoms with Crippen LogP contribution in [-0.2, 0) is 0 Å². The lowest BCUT2D eigenvalue weighted by Crippen LogP contribution is -2.17. The fourth-order valence-electron chi connectivity index (χ4n) is 2.07. The van der Waals surface area contributed by atoms with E-state index in [1.165, 1.54) is 12.1 Å². The van der Waals surface area contributed by atoms with E-state index in [4.69, 9.17) is 0 Å². The number of rotatable bonds is 3. The van der Waals surface area contributed by atoms with Crippen LogP contribution in [0.25, 0.3) is 10.9 Å². The molecule has 0 atom stereocenters. The molecule has 0 aliphatic heterocycles. The van der Waals surface area contributed by atoms with E-state index in [0.717, 1.165) is 16.5 Å². The van der Waals surface area contributed by atoms with E-state index in [1.54, 1.807) is 24.5 Å². The van der Waals surface area contributed by atoms with E-state index in [9.17, 15) is 9.90 Å². The number of fused-ring (bicyclic) bond motifs is 1. The zero-order chi connectivity index (χ0) is 15.4. The summed E-state index contributed by atoms with van der Waals surface area (Å²) in [5.74, 6) is -0.538. The number of phenolic OH excluding ortho intramolecular Hbond substituents is 1. The number of nitrogens with one attached hydrogen (secondary N) is 1. The predicted octanol–water partition coefficient (Wildman–Crippen LogP) is 2.70. The van der Waals surface area contributed by atoms with Crippen molar-refractivity contribution in [1.29, 1.82) is 0 Å². The molecule has 1 aromatic heterocycles. The van der Waals surface area contributed by atoms with Crippen LogP contribution >= 0.6 is 0 Å². The van der Waals surface area contributed by atoms with Gasteiger partial charge >= 0.3 is 0 Å². The van der Waals surface area contributed by atoms with Crippen molar-refractivity contribution in [2.45, 2.75) is 0 Å². The number of benzene rings is 2. The summed E-state index contributed by atoms with van der Waals surface area (Å²) in [4.78, 5) is 16.1. The highest BCUT2D eigenvalue weighted by molar-refractivity contribution is 5.97. The summed E-state index contributed by atoms with van der Waals surface area (Å²) in [7, 11) is 0.